The van der Waals surface area contributed by atoms with Crippen LogP contribution < -0.4 is 0 Å². The molecule has 1 aliphatic heterocycles. The number of rotatable bonds is 2. The van der Waals surface area contributed by atoms with Crippen LogP contribution in [0.15, 0.2) is 23.5 Å². The zero-order valence-corrected chi connectivity index (χ0v) is 20.0. The molecule has 4 aliphatic rings. The fraction of sp³-hybridized carbons (Fsp3) is 0.792. The number of hydrogen-bond acceptors (Lipinski definition) is 5. The molecule has 0 aromatic carbocycles. The summed E-state index contributed by atoms with van der Waals surface area (Å²) in [7, 11) is -0.570. The summed E-state index contributed by atoms with van der Waals surface area (Å²) < 4.78 is 37.7. The Labute approximate surface area is 181 Å². The van der Waals surface area contributed by atoms with Crippen molar-refractivity contribution in [2.45, 2.75) is 65.0 Å². The zero-order chi connectivity index (χ0) is 22.1. The van der Waals surface area contributed by atoms with E-state index in [2.05, 4.69) is 27.7 Å². The number of sulfone groups is 1. The first kappa shape index (κ1) is 21.9. The van der Waals surface area contributed by atoms with Crippen LogP contribution >= 0.6 is 0 Å². The summed E-state index contributed by atoms with van der Waals surface area (Å²) in [6.07, 6.45) is 8.82. The molecule has 0 radical (unpaired) electrons. The zero-order valence-electron chi connectivity index (χ0n) is 19.2. The van der Waals surface area contributed by atoms with Crippen molar-refractivity contribution < 1.29 is 22.7 Å². The third kappa shape index (κ3) is 2.92. The minimum Gasteiger partial charge on any atom is -0.497 e. The number of hydrogen-bond donors (Lipinski definition) is 0. The first-order valence-electron chi connectivity index (χ1n) is 11.2. The lowest BCUT2D eigenvalue weighted by Crippen LogP contribution is -2.64. The highest BCUT2D eigenvalue weighted by molar-refractivity contribution is 7.92. The third-order valence-electron chi connectivity index (χ3n) is 9.31. The van der Waals surface area contributed by atoms with Crippen molar-refractivity contribution in [3.63, 3.8) is 0 Å². The Morgan fingerprint density at radius 3 is 2.37 bits per heavy atom. The molecule has 3 aliphatic carbocycles. The van der Waals surface area contributed by atoms with E-state index in [9.17, 15) is 13.2 Å². The normalized spacial score (nSPS) is 43.8. The molecular weight excluding hydrogens is 400 g/mol. The van der Waals surface area contributed by atoms with Gasteiger partial charge in [-0.1, -0.05) is 34.1 Å². The SMILES string of the molecule is COC(=O)C1=CC(OC)=CC2C1[C@]1(C)CC[C@H]3C(C)(C)CCC[C@]3(C)[C@H]1CS2(=O)=O. The Kier molecular flexibility index (Phi) is 5.00. The molecule has 2 saturated carbocycles. The molecule has 30 heavy (non-hydrogen) atoms. The Bertz CT molecular complexity index is 914. The highest BCUT2D eigenvalue weighted by Crippen LogP contribution is 2.69. The summed E-state index contributed by atoms with van der Waals surface area (Å²) in [5.74, 6) is 0.315. The molecule has 1 heterocycles. The second-order valence-corrected chi connectivity index (χ2v) is 13.3. The summed E-state index contributed by atoms with van der Waals surface area (Å²) in [4.78, 5) is 12.8. The molecular formula is C24H36O5S. The fourth-order valence-electron chi connectivity index (χ4n) is 7.98. The molecule has 3 fully saturated rings. The van der Waals surface area contributed by atoms with E-state index in [0.29, 0.717) is 17.3 Å². The number of allylic oxidation sites excluding steroid dienone is 1. The van der Waals surface area contributed by atoms with Gasteiger partial charge in [-0.3, -0.25) is 0 Å². The molecule has 168 valence electrons. The van der Waals surface area contributed by atoms with E-state index in [1.54, 1.807) is 12.2 Å². The van der Waals surface area contributed by atoms with Gasteiger partial charge in [0.25, 0.3) is 0 Å². The Morgan fingerprint density at radius 2 is 1.73 bits per heavy atom. The number of carbonyl (C=O) groups excluding carboxylic acids is 1. The van der Waals surface area contributed by atoms with Gasteiger partial charge in [0.05, 0.1) is 25.2 Å². The highest BCUT2D eigenvalue weighted by atomic mass is 32.2. The highest BCUT2D eigenvalue weighted by Gasteiger charge is 2.66. The van der Waals surface area contributed by atoms with Crippen LogP contribution in [0.25, 0.3) is 0 Å². The van der Waals surface area contributed by atoms with Crippen LogP contribution in [-0.4, -0.2) is 39.6 Å². The van der Waals surface area contributed by atoms with Crippen LogP contribution in [0, 0.1) is 34.0 Å². The lowest BCUT2D eigenvalue weighted by molar-refractivity contribution is -0.146. The fourth-order valence-corrected chi connectivity index (χ4v) is 10.6. The summed E-state index contributed by atoms with van der Waals surface area (Å²) in [6.45, 7) is 9.27. The Hall–Kier alpha value is -1.30. The molecule has 6 heteroatoms. The average Bonchev–Trinajstić information content (AvgIpc) is 2.68. The molecule has 0 spiro atoms. The van der Waals surface area contributed by atoms with Crippen LogP contribution in [0.1, 0.15) is 59.8 Å². The van der Waals surface area contributed by atoms with Gasteiger partial charge in [0, 0.05) is 11.5 Å². The third-order valence-corrected chi connectivity index (χ3v) is 11.3. The van der Waals surface area contributed by atoms with Crippen molar-refractivity contribution in [1.29, 1.82) is 0 Å². The van der Waals surface area contributed by atoms with Crippen molar-refractivity contribution in [2.24, 2.45) is 34.0 Å². The van der Waals surface area contributed by atoms with E-state index in [0.717, 1.165) is 25.7 Å². The van der Waals surface area contributed by atoms with Gasteiger partial charge in [-0.05, 0) is 65.9 Å². The minimum absolute atomic E-state index is 0.0279. The number of esters is 1. The molecule has 2 unspecified atom stereocenters. The van der Waals surface area contributed by atoms with E-state index in [1.807, 2.05) is 0 Å². The predicted octanol–water partition coefficient (Wildman–Crippen LogP) is 4.29. The number of carbonyl (C=O) groups is 1. The number of ether oxygens (including phenoxy) is 2. The molecule has 4 rings (SSSR count). The lowest BCUT2D eigenvalue weighted by atomic mass is 9.41. The van der Waals surface area contributed by atoms with Gasteiger partial charge in [0.1, 0.15) is 5.76 Å². The molecule has 0 aromatic heterocycles. The monoisotopic (exact) mass is 436 g/mol. The molecule has 0 aromatic rings. The van der Waals surface area contributed by atoms with Crippen molar-refractivity contribution in [1.82, 2.24) is 0 Å². The van der Waals surface area contributed by atoms with Gasteiger partial charge in [-0.15, -0.1) is 0 Å². The number of fused-ring (bicyclic) bond motifs is 5. The van der Waals surface area contributed by atoms with Crippen LogP contribution in [0.4, 0.5) is 0 Å². The van der Waals surface area contributed by atoms with E-state index in [-0.39, 0.29) is 27.9 Å². The molecule has 0 amide bonds. The standard InChI is InChI=1S/C24H36O5S/c1-22(2)9-7-10-23(3)18(22)8-11-24(4)19(23)14-30(26,27)17-13-15(28-5)12-16(20(17)24)21(25)29-6/h12-13,17-20H,7-11,14H2,1-6H3/t17?,18-,19+,20?,23-,24+/m0/s1. The van der Waals surface area contributed by atoms with Gasteiger partial charge in [-0.25, -0.2) is 13.2 Å². The average molecular weight is 437 g/mol. The topological polar surface area (TPSA) is 69.7 Å². The van der Waals surface area contributed by atoms with Gasteiger partial charge in [-0.2, -0.15) is 0 Å². The minimum atomic E-state index is -3.44. The van der Waals surface area contributed by atoms with E-state index >= 15 is 0 Å². The summed E-state index contributed by atoms with van der Waals surface area (Å²) >= 11 is 0. The molecule has 0 N–H and O–H groups in total. The second-order valence-electron chi connectivity index (χ2n) is 11.1. The van der Waals surface area contributed by atoms with Gasteiger partial charge >= 0.3 is 5.97 Å². The first-order chi connectivity index (χ1) is 13.9. The summed E-state index contributed by atoms with van der Waals surface area (Å²) in [5.41, 5.74) is 0.352. The van der Waals surface area contributed by atoms with Crippen molar-refractivity contribution in [3.8, 4) is 0 Å². The first-order valence-corrected chi connectivity index (χ1v) is 12.9. The van der Waals surface area contributed by atoms with E-state index in [1.165, 1.54) is 20.6 Å². The van der Waals surface area contributed by atoms with Crippen LogP contribution in [0.5, 0.6) is 0 Å². The number of methoxy groups -OCH3 is 2. The molecule has 5 nitrogen and oxygen atoms in total. The summed E-state index contributed by atoms with van der Waals surface area (Å²) in [6, 6.07) is 0. The quantitative estimate of drug-likeness (QED) is 0.604. The predicted molar refractivity (Wildman–Crippen MR) is 116 cm³/mol. The maximum Gasteiger partial charge on any atom is 0.334 e. The molecule has 6 atom stereocenters. The van der Waals surface area contributed by atoms with Crippen LogP contribution in [0.2, 0.25) is 0 Å². The van der Waals surface area contributed by atoms with E-state index < -0.39 is 27.0 Å². The largest absolute Gasteiger partial charge is 0.497 e. The van der Waals surface area contributed by atoms with Crippen molar-refractivity contribution in [2.75, 3.05) is 20.0 Å². The van der Waals surface area contributed by atoms with Gasteiger partial charge < -0.3 is 9.47 Å². The van der Waals surface area contributed by atoms with Crippen molar-refractivity contribution in [3.05, 3.63) is 23.5 Å². The van der Waals surface area contributed by atoms with Crippen LogP contribution in [0.3, 0.4) is 0 Å². The van der Waals surface area contributed by atoms with Gasteiger partial charge in [0.15, 0.2) is 9.84 Å². The van der Waals surface area contributed by atoms with E-state index in [4.69, 9.17) is 9.47 Å². The maximum atomic E-state index is 13.6. The Balaban J connectivity index is 1.88. The lowest BCUT2D eigenvalue weighted by Gasteiger charge is -2.66. The smallest absolute Gasteiger partial charge is 0.334 e. The maximum absolute atomic E-state index is 13.6. The summed E-state index contributed by atoms with van der Waals surface area (Å²) in [5, 5.41) is -0.732. The van der Waals surface area contributed by atoms with Crippen molar-refractivity contribution >= 4 is 15.8 Å². The molecule has 1 saturated heterocycles. The molecule has 0 bridgehead atoms. The second kappa shape index (κ2) is 6.85. The van der Waals surface area contributed by atoms with Gasteiger partial charge in [0.2, 0.25) is 0 Å². The van der Waals surface area contributed by atoms with Crippen LogP contribution in [-0.2, 0) is 24.1 Å². The Morgan fingerprint density at radius 1 is 1.03 bits per heavy atom.